The number of nitrogens with zero attached hydrogens (tertiary/aromatic N) is 7. The van der Waals surface area contributed by atoms with Crippen molar-refractivity contribution in [2.45, 2.75) is 62.7 Å². The van der Waals surface area contributed by atoms with Gasteiger partial charge in [0.15, 0.2) is 23.7 Å². The number of nitrogens with one attached hydrogen (secondary N) is 1. The third-order valence-electron chi connectivity index (χ3n) is 8.99. The topological polar surface area (TPSA) is 402 Å². The number of carbonyl (C=O) groups excluding carboxylic acids is 2. The lowest BCUT2D eigenvalue weighted by Gasteiger charge is -2.44. The Morgan fingerprint density at radius 1 is 0.982 bits per heavy atom. The van der Waals surface area contributed by atoms with Crippen molar-refractivity contribution in [2.24, 2.45) is 4.99 Å². The molecule has 57 heavy (non-hydrogen) atoms. The van der Waals surface area contributed by atoms with Crippen molar-refractivity contribution in [3.63, 3.8) is 0 Å². The van der Waals surface area contributed by atoms with Crippen LogP contribution in [0.4, 0.5) is 22.0 Å². The number of fused-ring (bicyclic) bond motifs is 3. The summed E-state index contributed by atoms with van der Waals surface area (Å²) in [6, 6.07) is -0.539. The number of aliphatic imine (C=N–C) groups is 1. The van der Waals surface area contributed by atoms with Gasteiger partial charge in [-0.15, -0.1) is 0 Å². The van der Waals surface area contributed by atoms with Crippen LogP contribution in [0.15, 0.2) is 29.8 Å². The summed E-state index contributed by atoms with van der Waals surface area (Å²) in [5, 5.41) is 55.1. The molecule has 1 saturated heterocycles. The number of phosphoric acid groups is 2. The Bertz CT molecular complexity index is 2330. The number of nitrogen functional groups attached to an aromatic ring is 1. The number of imide groups is 1. The number of aryl methyl sites for hydroxylation is 2. The molecule has 3 aliphatic rings. The first-order chi connectivity index (χ1) is 26.5. The summed E-state index contributed by atoms with van der Waals surface area (Å²) in [5.74, 6) is -1.81. The molecule has 3 aliphatic heterocycles. The van der Waals surface area contributed by atoms with Gasteiger partial charge in [-0.2, -0.15) is 17.7 Å². The number of benzene rings is 1. The summed E-state index contributed by atoms with van der Waals surface area (Å²) >= 11 is 0. The van der Waals surface area contributed by atoms with Gasteiger partial charge in [0.1, 0.15) is 54.3 Å². The molecule has 6 rings (SSSR count). The van der Waals surface area contributed by atoms with Crippen LogP contribution in [-0.2, 0) is 42.3 Å². The van der Waals surface area contributed by atoms with E-state index < -0.39 is 112 Å². The first-order valence-corrected chi connectivity index (χ1v) is 20.6. The lowest BCUT2D eigenvalue weighted by Crippen LogP contribution is -2.65. The fourth-order valence-corrected chi connectivity index (χ4v) is 9.06. The van der Waals surface area contributed by atoms with Crippen LogP contribution in [-0.4, -0.2) is 148 Å². The fraction of sp³-hybridized carbons (Fsp3) is 0.481. The number of β-amino-alcohol motifs (C(OH)–C–C–N with tert-alkyl or cyclic N) is 1. The molecule has 0 bridgehead atoms. The van der Waals surface area contributed by atoms with Crippen molar-refractivity contribution >= 4 is 72.1 Å². The van der Waals surface area contributed by atoms with E-state index in [1.807, 2.05) is 5.32 Å². The van der Waals surface area contributed by atoms with Crippen LogP contribution in [0.5, 0.6) is 0 Å². The molecule has 11 N–H and O–H groups in total. The second-order valence-electron chi connectivity index (χ2n) is 12.8. The van der Waals surface area contributed by atoms with E-state index in [2.05, 4.69) is 33.3 Å². The van der Waals surface area contributed by atoms with Gasteiger partial charge in [0, 0.05) is 0 Å². The second kappa shape index (κ2) is 15.6. The lowest BCUT2D eigenvalue weighted by molar-refractivity contribution is -0.120. The highest BCUT2D eigenvalue weighted by Gasteiger charge is 2.50. The van der Waals surface area contributed by atoms with Crippen LogP contribution in [0.25, 0.3) is 11.2 Å². The number of anilines is 3. The number of hydrogen-bond donors (Lipinski definition) is 10. The molecular weight excluding hydrogens is 832 g/mol. The van der Waals surface area contributed by atoms with Gasteiger partial charge in [-0.3, -0.25) is 28.3 Å². The highest BCUT2D eigenvalue weighted by atomic mass is 32.2. The third kappa shape index (κ3) is 8.56. The standard InChI is InChI=1S/C27H35N9O18P2S/c1-10-3-12-13(4-11(10)2)36(57(48,49)50)18-24(32-27(43)33-25(18)42)34(12)5-14(37)19(39)15(38)6-51-55(44,45)54-56(46,47)52-7-16-20(40)21(41)26(53-16)35-9-31-17-22(28)29-8-30-23(17)35/h3-4,8-9,14-16,18-21,26,37-41H,5-7H2,1-2H3,(H,44,45)(H,46,47)(H2,28,29,30)(H,33,42,43)(H,48,49,50)/t14-,15+,16+,18-,19-,20+,21+,26+/m0/s1. The number of aromatic nitrogens is 4. The van der Waals surface area contributed by atoms with E-state index >= 15 is 0 Å². The fourth-order valence-electron chi connectivity index (χ4n) is 6.11. The lowest BCUT2D eigenvalue weighted by atomic mass is 10.00. The minimum absolute atomic E-state index is 0.00753. The van der Waals surface area contributed by atoms with Crippen LogP contribution >= 0.6 is 15.6 Å². The summed E-state index contributed by atoms with van der Waals surface area (Å²) in [7, 11) is -16.4. The number of aliphatic hydroxyl groups is 5. The average Bonchev–Trinajstić information content (AvgIpc) is 3.66. The number of amidine groups is 1. The van der Waals surface area contributed by atoms with Gasteiger partial charge in [0.2, 0.25) is 0 Å². The Kier molecular flexibility index (Phi) is 11.6. The number of ether oxygens (including phenoxy) is 1. The number of urea groups is 1. The van der Waals surface area contributed by atoms with Gasteiger partial charge in [-0.25, -0.2) is 33.2 Å². The minimum atomic E-state index is -5.63. The highest BCUT2D eigenvalue weighted by Crippen LogP contribution is 2.60. The number of carbonyl (C=O) groups is 2. The van der Waals surface area contributed by atoms with E-state index in [-0.39, 0.29) is 28.4 Å². The highest BCUT2D eigenvalue weighted by molar-refractivity contribution is 7.87. The van der Waals surface area contributed by atoms with Crippen molar-refractivity contribution in [1.82, 2.24) is 24.8 Å². The Labute approximate surface area is 320 Å². The van der Waals surface area contributed by atoms with E-state index in [0.29, 0.717) is 15.4 Å². The maximum Gasteiger partial charge on any atom is 0.481 e. The van der Waals surface area contributed by atoms with Crippen LogP contribution in [0.2, 0.25) is 0 Å². The van der Waals surface area contributed by atoms with Crippen molar-refractivity contribution in [2.75, 3.05) is 34.7 Å². The predicted octanol–water partition coefficient (Wildman–Crippen LogP) is -2.88. The molecule has 3 amide bonds. The molecule has 0 radical (unpaired) electrons. The molecule has 312 valence electrons. The van der Waals surface area contributed by atoms with E-state index in [1.54, 1.807) is 13.8 Å². The molecule has 10 atom stereocenters. The Morgan fingerprint density at radius 2 is 1.63 bits per heavy atom. The van der Waals surface area contributed by atoms with Crippen molar-refractivity contribution in [3.8, 4) is 0 Å². The summed E-state index contributed by atoms with van der Waals surface area (Å²) in [6.45, 7) is 0.0376. The van der Waals surface area contributed by atoms with Crippen molar-refractivity contribution in [3.05, 3.63) is 35.9 Å². The smallest absolute Gasteiger partial charge is 0.388 e. The summed E-state index contributed by atoms with van der Waals surface area (Å²) in [6.07, 6.45) is -10.6. The molecule has 2 unspecified atom stereocenters. The second-order valence-corrected chi connectivity index (χ2v) is 17.2. The van der Waals surface area contributed by atoms with Gasteiger partial charge in [0.25, 0.3) is 5.91 Å². The number of imidazole rings is 1. The number of aliphatic hydroxyl groups excluding tert-OH is 5. The van der Waals surface area contributed by atoms with Gasteiger partial charge in [-0.05, 0) is 37.1 Å². The Balaban J connectivity index is 1.08. The first-order valence-electron chi connectivity index (χ1n) is 16.2. The molecule has 5 heterocycles. The molecular formula is C27H35N9O18P2S. The van der Waals surface area contributed by atoms with Crippen LogP contribution in [0, 0.1) is 13.8 Å². The zero-order valence-corrected chi connectivity index (χ0v) is 31.8. The largest absolute Gasteiger partial charge is 0.481 e. The molecule has 2 aromatic heterocycles. The van der Waals surface area contributed by atoms with Gasteiger partial charge >= 0.3 is 32.0 Å². The maximum atomic E-state index is 12.9. The molecule has 1 fully saturated rings. The van der Waals surface area contributed by atoms with Crippen LogP contribution in [0.1, 0.15) is 17.4 Å². The monoisotopic (exact) mass is 867 g/mol. The predicted molar refractivity (Wildman–Crippen MR) is 188 cm³/mol. The molecule has 1 aromatic carbocycles. The minimum Gasteiger partial charge on any atom is -0.388 e. The van der Waals surface area contributed by atoms with Crippen LogP contribution in [0.3, 0.4) is 0 Å². The third-order valence-corrected chi connectivity index (χ3v) is 12.5. The zero-order chi connectivity index (χ0) is 41.9. The number of amides is 3. The van der Waals surface area contributed by atoms with Gasteiger partial charge in [-0.1, -0.05) is 0 Å². The molecule has 0 saturated carbocycles. The summed E-state index contributed by atoms with van der Waals surface area (Å²) in [5.41, 5.74) is 6.64. The molecule has 3 aromatic rings. The quantitative estimate of drug-likeness (QED) is 0.0575. The maximum absolute atomic E-state index is 12.9. The van der Waals surface area contributed by atoms with Crippen LogP contribution < -0.4 is 20.3 Å². The van der Waals surface area contributed by atoms with Gasteiger partial charge < -0.3 is 50.7 Å². The molecule has 30 heteroatoms. The van der Waals surface area contributed by atoms with E-state index in [4.69, 9.17) is 10.5 Å². The van der Waals surface area contributed by atoms with E-state index in [0.717, 1.165) is 11.2 Å². The SMILES string of the molecule is Cc1cc2c(cc1C)N(S(=O)(=O)O)[C@@H]1C(=O)NC(=O)N=C1N2C[C@H](O)[C@H](O)[C@H](O)COP(=O)(O)OP(=O)(O)OC[C@H]1O[C@@H](n2cnc3c(N)ncnc32)[C@H](O)[C@@H]1O. The number of rotatable bonds is 14. The molecule has 0 spiro atoms. The summed E-state index contributed by atoms with van der Waals surface area (Å²) in [4.78, 5) is 61.8. The molecule has 27 nitrogen and oxygen atoms in total. The first kappa shape index (κ1) is 42.5. The summed E-state index contributed by atoms with van der Waals surface area (Å²) < 4.78 is 80.7. The normalized spacial score (nSPS) is 26.2. The number of phosphoric ester groups is 2. The van der Waals surface area contributed by atoms with Crippen molar-refractivity contribution in [1.29, 1.82) is 0 Å². The molecule has 0 aliphatic carbocycles. The Morgan fingerprint density at radius 3 is 2.30 bits per heavy atom. The van der Waals surface area contributed by atoms with E-state index in [1.165, 1.54) is 23.0 Å². The Hall–Kier alpha value is -4.09. The van der Waals surface area contributed by atoms with E-state index in [9.17, 15) is 67.0 Å². The number of nitrogens with two attached hydrogens (primary N) is 1. The van der Waals surface area contributed by atoms with Gasteiger partial charge in [0.05, 0.1) is 37.5 Å². The zero-order valence-electron chi connectivity index (χ0n) is 29.2. The average molecular weight is 868 g/mol. The van der Waals surface area contributed by atoms with Crippen molar-refractivity contribution < 1.29 is 85.1 Å². The number of hydrogen-bond acceptors (Lipinski definition) is 20.